The van der Waals surface area contributed by atoms with Gasteiger partial charge in [0, 0.05) is 10.9 Å². The molecule has 0 aliphatic carbocycles. The van der Waals surface area contributed by atoms with E-state index >= 15 is 0 Å². The fourth-order valence-corrected chi connectivity index (χ4v) is 6.09. The van der Waals surface area contributed by atoms with Gasteiger partial charge >= 0.3 is 0 Å². The molecule has 2 heteroatoms. The highest BCUT2D eigenvalue weighted by Gasteiger charge is 2.22. The van der Waals surface area contributed by atoms with E-state index in [0.717, 1.165) is 60.7 Å². The van der Waals surface area contributed by atoms with Crippen LogP contribution in [0, 0.1) is 5.82 Å². The Kier molecular flexibility index (Phi) is 4.47. The van der Waals surface area contributed by atoms with E-state index in [1.54, 1.807) is 0 Å². The third-order valence-corrected chi connectivity index (χ3v) is 7.71. The van der Waals surface area contributed by atoms with E-state index in [4.69, 9.17) is 4.74 Å². The Balaban J connectivity index is 1.42. The molecule has 1 nitrogen and oxygen atoms in total. The highest BCUT2D eigenvalue weighted by atomic mass is 19.1. The molecule has 0 amide bonds. The fraction of sp³-hybridized carbons (Fsp3) is 0. The van der Waals surface area contributed by atoms with Gasteiger partial charge in [0.15, 0.2) is 0 Å². The topological polar surface area (TPSA) is 9.23 Å². The maximum atomic E-state index is 13.8. The van der Waals surface area contributed by atoms with Gasteiger partial charge in [0.1, 0.15) is 17.3 Å². The molecule has 1 aliphatic heterocycles. The summed E-state index contributed by atoms with van der Waals surface area (Å²) < 4.78 is 20.3. The van der Waals surface area contributed by atoms with Crippen molar-refractivity contribution >= 4 is 32.3 Å². The molecule has 38 heavy (non-hydrogen) atoms. The molecule has 0 saturated carbocycles. The third kappa shape index (κ3) is 3.04. The second-order valence-electron chi connectivity index (χ2n) is 9.82. The van der Waals surface area contributed by atoms with Gasteiger partial charge in [0.2, 0.25) is 0 Å². The summed E-state index contributed by atoms with van der Waals surface area (Å²) in [6, 6.07) is 43.0. The maximum Gasteiger partial charge on any atom is 0.135 e. The SMILES string of the molecule is Fc1ccc(-c2c3ccccc3c(-c3ccc4c(c3)Oc3cccc5cccc-4c35)c3ccccc23)cc1. The first-order valence-electron chi connectivity index (χ1n) is 12.8. The summed E-state index contributed by atoms with van der Waals surface area (Å²) in [4.78, 5) is 0. The minimum atomic E-state index is -0.231. The number of fused-ring (bicyclic) bond motifs is 4. The van der Waals surface area contributed by atoms with Crippen LogP contribution in [0.3, 0.4) is 0 Å². The van der Waals surface area contributed by atoms with Gasteiger partial charge in [-0.15, -0.1) is 0 Å². The molecule has 8 rings (SSSR count). The molecule has 178 valence electrons. The Morgan fingerprint density at radius 2 is 1.03 bits per heavy atom. The monoisotopic (exact) mass is 488 g/mol. The molecular formula is C36H21FO. The van der Waals surface area contributed by atoms with Crippen LogP contribution in [-0.2, 0) is 0 Å². The summed E-state index contributed by atoms with van der Waals surface area (Å²) in [6.07, 6.45) is 0. The van der Waals surface area contributed by atoms with Gasteiger partial charge in [-0.2, -0.15) is 0 Å². The highest BCUT2D eigenvalue weighted by Crippen LogP contribution is 2.49. The molecule has 0 bridgehead atoms. The summed E-state index contributed by atoms with van der Waals surface area (Å²) in [5, 5.41) is 6.94. The first-order valence-corrected chi connectivity index (χ1v) is 12.8. The predicted molar refractivity (Wildman–Crippen MR) is 155 cm³/mol. The van der Waals surface area contributed by atoms with Crippen molar-refractivity contribution in [1.29, 1.82) is 0 Å². The van der Waals surface area contributed by atoms with E-state index in [9.17, 15) is 4.39 Å². The van der Waals surface area contributed by atoms with E-state index < -0.39 is 0 Å². The molecule has 1 aliphatic rings. The van der Waals surface area contributed by atoms with Gasteiger partial charge in [-0.1, -0.05) is 97.1 Å². The molecule has 0 atom stereocenters. The van der Waals surface area contributed by atoms with Crippen LogP contribution >= 0.6 is 0 Å². The minimum absolute atomic E-state index is 0.231. The summed E-state index contributed by atoms with van der Waals surface area (Å²) in [5.41, 5.74) is 6.71. The first kappa shape index (κ1) is 21.2. The maximum absolute atomic E-state index is 13.8. The predicted octanol–water partition coefficient (Wildman–Crippen LogP) is 10.4. The summed E-state index contributed by atoms with van der Waals surface area (Å²) in [6.45, 7) is 0. The molecular weight excluding hydrogens is 467 g/mol. The number of ether oxygens (including phenoxy) is 1. The second kappa shape index (κ2) is 8.03. The summed E-state index contributed by atoms with van der Waals surface area (Å²) in [5.74, 6) is 1.53. The lowest BCUT2D eigenvalue weighted by molar-refractivity contribution is 0.487. The van der Waals surface area contributed by atoms with Crippen molar-refractivity contribution in [3.05, 3.63) is 133 Å². The Labute approximate surface area is 219 Å². The van der Waals surface area contributed by atoms with E-state index in [1.165, 1.54) is 28.6 Å². The largest absolute Gasteiger partial charge is 0.456 e. The van der Waals surface area contributed by atoms with Gasteiger partial charge in [-0.3, -0.25) is 0 Å². The van der Waals surface area contributed by atoms with Gasteiger partial charge in [0.05, 0.1) is 0 Å². The minimum Gasteiger partial charge on any atom is -0.456 e. The average molecular weight is 489 g/mol. The van der Waals surface area contributed by atoms with Crippen LogP contribution < -0.4 is 4.74 Å². The van der Waals surface area contributed by atoms with Crippen LogP contribution in [0.4, 0.5) is 4.39 Å². The molecule has 0 spiro atoms. The van der Waals surface area contributed by atoms with Crippen LogP contribution in [0.25, 0.3) is 65.7 Å². The molecule has 0 unspecified atom stereocenters. The normalized spacial score (nSPS) is 12.0. The average Bonchev–Trinajstić information content (AvgIpc) is 2.96. The van der Waals surface area contributed by atoms with Gasteiger partial charge in [0.25, 0.3) is 0 Å². The quantitative estimate of drug-likeness (QED) is 0.220. The van der Waals surface area contributed by atoms with Crippen molar-refractivity contribution in [2.75, 3.05) is 0 Å². The number of benzene rings is 7. The van der Waals surface area contributed by atoms with E-state index in [-0.39, 0.29) is 5.82 Å². The smallest absolute Gasteiger partial charge is 0.135 e. The molecule has 7 aromatic carbocycles. The van der Waals surface area contributed by atoms with Crippen molar-refractivity contribution in [3.63, 3.8) is 0 Å². The zero-order valence-corrected chi connectivity index (χ0v) is 20.4. The second-order valence-corrected chi connectivity index (χ2v) is 9.82. The van der Waals surface area contributed by atoms with Crippen molar-refractivity contribution in [1.82, 2.24) is 0 Å². The fourth-order valence-electron chi connectivity index (χ4n) is 6.09. The van der Waals surface area contributed by atoms with E-state index in [1.807, 2.05) is 24.3 Å². The molecule has 7 aromatic rings. The van der Waals surface area contributed by atoms with Gasteiger partial charge in [-0.05, 0) is 85.1 Å². The van der Waals surface area contributed by atoms with E-state index in [2.05, 4.69) is 91.0 Å². The van der Waals surface area contributed by atoms with Crippen LogP contribution in [-0.4, -0.2) is 0 Å². The third-order valence-electron chi connectivity index (χ3n) is 7.71. The number of halogens is 1. The van der Waals surface area contributed by atoms with Crippen LogP contribution in [0.5, 0.6) is 11.5 Å². The molecule has 0 saturated heterocycles. The van der Waals surface area contributed by atoms with Crippen LogP contribution in [0.2, 0.25) is 0 Å². The summed E-state index contributed by atoms with van der Waals surface area (Å²) >= 11 is 0. The standard InChI is InChI=1S/C36H21FO/c37-25-18-15-23(16-19-25)34-28-9-1-3-11-30(28)35(31-12-4-2-10-29(31)34)24-17-20-26-27-13-5-7-22-8-6-14-32(36(22)27)38-33(26)21-24/h1-21H. The molecule has 0 fully saturated rings. The lowest BCUT2D eigenvalue weighted by Crippen LogP contribution is -1.98. The zero-order chi connectivity index (χ0) is 25.2. The lowest BCUT2D eigenvalue weighted by atomic mass is 9.85. The number of hydrogen-bond acceptors (Lipinski definition) is 1. The Morgan fingerprint density at radius 3 is 1.68 bits per heavy atom. The first-order chi connectivity index (χ1) is 18.8. The zero-order valence-electron chi connectivity index (χ0n) is 20.4. The van der Waals surface area contributed by atoms with Gasteiger partial charge < -0.3 is 4.74 Å². The highest BCUT2D eigenvalue weighted by molar-refractivity contribution is 6.21. The van der Waals surface area contributed by atoms with Crippen LogP contribution in [0.1, 0.15) is 0 Å². The van der Waals surface area contributed by atoms with Crippen molar-refractivity contribution < 1.29 is 9.13 Å². The molecule has 0 radical (unpaired) electrons. The van der Waals surface area contributed by atoms with Crippen molar-refractivity contribution in [3.8, 4) is 44.9 Å². The summed E-state index contributed by atoms with van der Waals surface area (Å²) in [7, 11) is 0. The number of hydrogen-bond donors (Lipinski definition) is 0. The van der Waals surface area contributed by atoms with E-state index in [0.29, 0.717) is 0 Å². The molecule has 1 heterocycles. The Hall–Kier alpha value is -4.95. The van der Waals surface area contributed by atoms with Crippen molar-refractivity contribution in [2.24, 2.45) is 0 Å². The Bertz CT molecular complexity index is 1990. The van der Waals surface area contributed by atoms with Gasteiger partial charge in [-0.25, -0.2) is 4.39 Å². The molecule has 0 aromatic heterocycles. The molecule has 0 N–H and O–H groups in total. The van der Waals surface area contributed by atoms with Crippen molar-refractivity contribution in [2.45, 2.75) is 0 Å². The Morgan fingerprint density at radius 1 is 0.447 bits per heavy atom. The number of rotatable bonds is 2. The lowest BCUT2D eigenvalue weighted by Gasteiger charge is -2.23. The van der Waals surface area contributed by atoms with Crippen LogP contribution in [0.15, 0.2) is 127 Å².